The van der Waals surface area contributed by atoms with Gasteiger partial charge in [0, 0.05) is 13.1 Å². The average Bonchev–Trinajstić information content (AvgIpc) is 2.45. The molecule has 0 aliphatic carbocycles. The zero-order valence-corrected chi connectivity index (χ0v) is 12.8. The molecule has 122 valence electrons. The van der Waals surface area contributed by atoms with Crippen molar-refractivity contribution in [2.45, 2.75) is 51.2 Å². The molecule has 0 radical (unpaired) electrons. The third kappa shape index (κ3) is 5.17. The quantitative estimate of drug-likeness (QED) is 0.646. The SMILES string of the molecule is CCCC(C)(NC(=O)N1CCC(OCCO)CC1)C(=O)O. The van der Waals surface area contributed by atoms with Crippen molar-refractivity contribution in [2.75, 3.05) is 26.3 Å². The fourth-order valence-electron chi connectivity index (χ4n) is 2.48. The van der Waals surface area contributed by atoms with Gasteiger partial charge in [-0.1, -0.05) is 13.3 Å². The van der Waals surface area contributed by atoms with Crippen molar-refractivity contribution in [3.63, 3.8) is 0 Å². The van der Waals surface area contributed by atoms with Crippen LogP contribution in [-0.4, -0.2) is 65.1 Å². The maximum Gasteiger partial charge on any atom is 0.329 e. The molecule has 0 bridgehead atoms. The summed E-state index contributed by atoms with van der Waals surface area (Å²) in [6, 6.07) is -0.339. The van der Waals surface area contributed by atoms with Crippen molar-refractivity contribution >= 4 is 12.0 Å². The van der Waals surface area contributed by atoms with Crippen LogP contribution in [0.2, 0.25) is 0 Å². The van der Waals surface area contributed by atoms with Gasteiger partial charge in [0.05, 0.1) is 19.3 Å². The summed E-state index contributed by atoms with van der Waals surface area (Å²) in [6.07, 6.45) is 2.53. The van der Waals surface area contributed by atoms with E-state index in [1.165, 1.54) is 6.92 Å². The van der Waals surface area contributed by atoms with Gasteiger partial charge in [-0.05, 0) is 26.2 Å². The highest BCUT2D eigenvalue weighted by Crippen LogP contribution is 2.17. The third-order valence-electron chi connectivity index (χ3n) is 3.78. The van der Waals surface area contributed by atoms with Crippen molar-refractivity contribution in [1.82, 2.24) is 10.2 Å². The van der Waals surface area contributed by atoms with Crippen molar-refractivity contribution in [2.24, 2.45) is 0 Å². The normalized spacial score (nSPS) is 19.1. The van der Waals surface area contributed by atoms with E-state index in [-0.39, 0.29) is 18.7 Å². The van der Waals surface area contributed by atoms with Gasteiger partial charge in [0.2, 0.25) is 0 Å². The summed E-state index contributed by atoms with van der Waals surface area (Å²) >= 11 is 0. The smallest absolute Gasteiger partial charge is 0.329 e. The van der Waals surface area contributed by atoms with Crippen LogP contribution in [0.3, 0.4) is 0 Å². The first-order valence-corrected chi connectivity index (χ1v) is 7.46. The summed E-state index contributed by atoms with van der Waals surface area (Å²) < 4.78 is 5.44. The Balaban J connectivity index is 2.48. The van der Waals surface area contributed by atoms with Crippen LogP contribution < -0.4 is 5.32 Å². The van der Waals surface area contributed by atoms with Gasteiger partial charge in [-0.3, -0.25) is 0 Å². The van der Waals surface area contributed by atoms with Gasteiger partial charge in [-0.2, -0.15) is 0 Å². The lowest BCUT2D eigenvalue weighted by molar-refractivity contribution is -0.144. The van der Waals surface area contributed by atoms with Crippen molar-refractivity contribution in [3.05, 3.63) is 0 Å². The minimum absolute atomic E-state index is 0.00527. The Hall–Kier alpha value is -1.34. The second-order valence-electron chi connectivity index (χ2n) is 5.60. The average molecular weight is 302 g/mol. The fraction of sp³-hybridized carbons (Fsp3) is 0.857. The van der Waals surface area contributed by atoms with E-state index >= 15 is 0 Å². The molecule has 2 amide bonds. The van der Waals surface area contributed by atoms with E-state index in [4.69, 9.17) is 9.84 Å². The Morgan fingerprint density at radius 3 is 2.48 bits per heavy atom. The molecule has 1 rings (SSSR count). The largest absolute Gasteiger partial charge is 0.480 e. The van der Waals surface area contributed by atoms with Gasteiger partial charge in [0.25, 0.3) is 0 Å². The molecule has 1 saturated heterocycles. The molecular formula is C14H26N2O5. The monoisotopic (exact) mass is 302 g/mol. The molecule has 0 aromatic heterocycles. The highest BCUT2D eigenvalue weighted by atomic mass is 16.5. The van der Waals surface area contributed by atoms with Gasteiger partial charge in [0.1, 0.15) is 5.54 Å². The Kier molecular flexibility index (Phi) is 6.91. The van der Waals surface area contributed by atoms with Gasteiger partial charge in [-0.15, -0.1) is 0 Å². The number of likely N-dealkylation sites (tertiary alicyclic amines) is 1. The van der Waals surface area contributed by atoms with Gasteiger partial charge >= 0.3 is 12.0 Å². The summed E-state index contributed by atoms with van der Waals surface area (Å²) in [5.74, 6) is -1.01. The number of hydrogen-bond acceptors (Lipinski definition) is 4. The molecule has 0 saturated carbocycles. The molecule has 7 nitrogen and oxygen atoms in total. The maximum atomic E-state index is 12.2. The van der Waals surface area contributed by atoms with E-state index in [9.17, 15) is 14.7 Å². The topological polar surface area (TPSA) is 99.1 Å². The first-order valence-electron chi connectivity index (χ1n) is 7.46. The second kappa shape index (κ2) is 8.19. The molecule has 3 N–H and O–H groups in total. The van der Waals surface area contributed by atoms with Crippen LogP contribution in [-0.2, 0) is 9.53 Å². The first-order chi connectivity index (χ1) is 9.92. The van der Waals surface area contributed by atoms with Crippen LogP contribution in [0.1, 0.15) is 39.5 Å². The van der Waals surface area contributed by atoms with Crippen LogP contribution >= 0.6 is 0 Å². The zero-order valence-electron chi connectivity index (χ0n) is 12.8. The molecule has 1 aliphatic rings. The lowest BCUT2D eigenvalue weighted by atomic mass is 9.96. The molecule has 1 fully saturated rings. The number of hydrogen-bond donors (Lipinski definition) is 3. The molecular weight excluding hydrogens is 276 g/mol. The van der Waals surface area contributed by atoms with E-state index in [0.29, 0.717) is 45.4 Å². The third-order valence-corrected chi connectivity index (χ3v) is 3.78. The predicted molar refractivity (Wildman–Crippen MR) is 77.1 cm³/mol. The van der Waals surface area contributed by atoms with Gasteiger partial charge in [-0.25, -0.2) is 9.59 Å². The summed E-state index contributed by atoms with van der Waals surface area (Å²) in [6.45, 7) is 4.79. The number of amides is 2. The summed E-state index contributed by atoms with van der Waals surface area (Å²) in [7, 11) is 0. The molecule has 1 atom stereocenters. The number of carboxylic acids is 1. The lowest BCUT2D eigenvalue weighted by Gasteiger charge is -2.35. The maximum absolute atomic E-state index is 12.2. The Labute approximate surface area is 125 Å². The number of piperidine rings is 1. The number of carbonyl (C=O) groups is 2. The van der Waals surface area contributed by atoms with Crippen molar-refractivity contribution < 1.29 is 24.5 Å². The van der Waals surface area contributed by atoms with Crippen LogP contribution in [0.4, 0.5) is 4.79 Å². The Morgan fingerprint density at radius 1 is 1.38 bits per heavy atom. The minimum Gasteiger partial charge on any atom is -0.480 e. The van der Waals surface area contributed by atoms with Crippen LogP contribution in [0.25, 0.3) is 0 Å². The molecule has 0 spiro atoms. The van der Waals surface area contributed by atoms with E-state index in [2.05, 4.69) is 5.32 Å². The highest BCUT2D eigenvalue weighted by Gasteiger charge is 2.35. The van der Waals surface area contributed by atoms with Crippen LogP contribution in [0.5, 0.6) is 0 Å². The number of carboxylic acid groups (broad SMARTS) is 1. The number of rotatable bonds is 7. The van der Waals surface area contributed by atoms with Crippen LogP contribution in [0, 0.1) is 0 Å². The van der Waals surface area contributed by atoms with Gasteiger partial charge in [0.15, 0.2) is 0 Å². The van der Waals surface area contributed by atoms with Crippen molar-refractivity contribution in [1.29, 1.82) is 0 Å². The summed E-state index contributed by atoms with van der Waals surface area (Å²) in [5.41, 5.74) is -1.23. The number of aliphatic hydroxyl groups excluding tert-OH is 1. The zero-order chi connectivity index (χ0) is 15.9. The fourth-order valence-corrected chi connectivity index (χ4v) is 2.48. The van der Waals surface area contributed by atoms with E-state index in [1.807, 2.05) is 6.92 Å². The molecule has 7 heteroatoms. The van der Waals surface area contributed by atoms with Crippen molar-refractivity contribution in [3.8, 4) is 0 Å². The molecule has 0 aromatic carbocycles. The standard InChI is InChI=1S/C14H26N2O5/c1-3-6-14(2,12(18)19)15-13(20)16-7-4-11(5-8-16)21-10-9-17/h11,17H,3-10H2,1-2H3,(H,15,20)(H,18,19). The van der Waals surface area contributed by atoms with E-state index in [0.717, 1.165) is 0 Å². The highest BCUT2D eigenvalue weighted by molar-refractivity contribution is 5.85. The van der Waals surface area contributed by atoms with E-state index < -0.39 is 11.5 Å². The number of nitrogens with one attached hydrogen (secondary N) is 1. The molecule has 21 heavy (non-hydrogen) atoms. The number of carbonyl (C=O) groups excluding carboxylic acids is 1. The summed E-state index contributed by atoms with van der Waals surface area (Å²) in [5, 5.41) is 20.6. The Bertz CT molecular complexity index is 355. The number of nitrogens with zero attached hydrogens (tertiary/aromatic N) is 1. The number of urea groups is 1. The molecule has 1 heterocycles. The second-order valence-corrected chi connectivity index (χ2v) is 5.60. The first kappa shape index (κ1) is 17.7. The van der Waals surface area contributed by atoms with E-state index in [1.54, 1.807) is 4.90 Å². The minimum atomic E-state index is -1.23. The number of aliphatic hydroxyl groups is 1. The predicted octanol–water partition coefficient (Wildman–Crippen LogP) is 0.813. The van der Waals surface area contributed by atoms with Crippen LogP contribution in [0.15, 0.2) is 0 Å². The summed E-state index contributed by atoms with van der Waals surface area (Å²) in [4.78, 5) is 25.1. The molecule has 1 aliphatic heterocycles. The Morgan fingerprint density at radius 2 is 2.00 bits per heavy atom. The van der Waals surface area contributed by atoms with Gasteiger partial charge < -0.3 is 25.2 Å². The number of ether oxygens (including phenoxy) is 1. The molecule has 1 unspecified atom stereocenters. The lowest BCUT2D eigenvalue weighted by Crippen LogP contribution is -2.57. The number of aliphatic carboxylic acids is 1. The molecule has 0 aromatic rings.